The molecule has 38 heavy (non-hydrogen) atoms. The average Bonchev–Trinajstić information content (AvgIpc) is 3.50. The minimum absolute atomic E-state index is 0.0611. The molecule has 4 aromatic rings. The second-order valence-electron chi connectivity index (χ2n) is 9.66. The third kappa shape index (κ3) is 4.51. The summed E-state index contributed by atoms with van der Waals surface area (Å²) in [4.78, 5) is 23.1. The average molecular weight is 537 g/mol. The lowest BCUT2D eigenvalue weighted by molar-refractivity contribution is 0.0928. The minimum atomic E-state index is -3.73. The third-order valence-corrected chi connectivity index (χ3v) is 9.07. The van der Waals surface area contributed by atoms with Crippen LogP contribution in [-0.2, 0) is 14.8 Å². The van der Waals surface area contributed by atoms with E-state index in [9.17, 15) is 13.2 Å². The number of anilines is 1. The summed E-state index contributed by atoms with van der Waals surface area (Å²) >= 11 is 0. The molecule has 0 spiro atoms. The number of benzene rings is 2. The van der Waals surface area contributed by atoms with Crippen LogP contribution in [-0.4, -0.2) is 62.9 Å². The highest BCUT2D eigenvalue weighted by Gasteiger charge is 2.29. The number of hydrogen-bond donors (Lipinski definition) is 1. The Morgan fingerprint density at radius 3 is 2.47 bits per heavy atom. The van der Waals surface area contributed by atoms with E-state index in [1.54, 1.807) is 31.7 Å². The first-order valence-electron chi connectivity index (χ1n) is 12.8. The van der Waals surface area contributed by atoms with Crippen LogP contribution >= 0.6 is 0 Å². The molecule has 1 aliphatic rings. The van der Waals surface area contributed by atoms with Crippen LogP contribution in [0.5, 0.6) is 0 Å². The van der Waals surface area contributed by atoms with Gasteiger partial charge >= 0.3 is 6.09 Å². The van der Waals surface area contributed by atoms with Gasteiger partial charge in [-0.15, -0.1) is 0 Å². The van der Waals surface area contributed by atoms with E-state index in [4.69, 9.17) is 15.5 Å². The van der Waals surface area contributed by atoms with Crippen LogP contribution in [0.25, 0.3) is 33.5 Å². The molecule has 1 aliphatic heterocycles. The Hall–Kier alpha value is -3.86. The topological polar surface area (TPSA) is 125 Å². The number of fused-ring (bicyclic) bond motifs is 1. The van der Waals surface area contributed by atoms with E-state index >= 15 is 0 Å². The quantitative estimate of drug-likeness (QED) is 0.384. The van der Waals surface area contributed by atoms with Crippen molar-refractivity contribution in [2.24, 2.45) is 0 Å². The SMILES string of the molecule is CCOC(=O)N1CCC(n2cnc(-c3ccccc3)c2-c2ccc3nc(N)n(S(=O)(=O)C(C)C)c3c2)CC1. The van der Waals surface area contributed by atoms with Gasteiger partial charge in [-0.3, -0.25) is 0 Å². The van der Waals surface area contributed by atoms with Crippen LogP contribution < -0.4 is 5.73 Å². The summed E-state index contributed by atoms with van der Waals surface area (Å²) < 4.78 is 34.7. The number of ether oxygens (including phenoxy) is 1. The predicted octanol–water partition coefficient (Wildman–Crippen LogP) is 4.53. The van der Waals surface area contributed by atoms with Gasteiger partial charge in [-0.1, -0.05) is 36.4 Å². The van der Waals surface area contributed by atoms with Gasteiger partial charge in [-0.25, -0.2) is 27.2 Å². The van der Waals surface area contributed by atoms with Crippen molar-refractivity contribution in [3.05, 3.63) is 54.9 Å². The molecule has 0 radical (unpaired) electrons. The Bertz CT molecular complexity index is 1570. The maximum Gasteiger partial charge on any atom is 0.409 e. The molecule has 2 aromatic heterocycles. The Labute approximate surface area is 222 Å². The molecule has 2 aromatic carbocycles. The molecular formula is C27H32N6O4S. The second-order valence-corrected chi connectivity index (χ2v) is 12.0. The van der Waals surface area contributed by atoms with Crippen LogP contribution in [0, 0.1) is 0 Å². The highest BCUT2D eigenvalue weighted by atomic mass is 32.2. The van der Waals surface area contributed by atoms with E-state index in [0.717, 1.165) is 39.3 Å². The lowest BCUT2D eigenvalue weighted by Gasteiger charge is -2.32. The van der Waals surface area contributed by atoms with Gasteiger partial charge in [0.15, 0.2) is 0 Å². The number of piperidine rings is 1. The molecule has 0 atom stereocenters. The summed E-state index contributed by atoms with van der Waals surface area (Å²) in [7, 11) is -3.73. The molecule has 1 saturated heterocycles. The van der Waals surface area contributed by atoms with Crippen molar-refractivity contribution >= 4 is 33.1 Å². The van der Waals surface area contributed by atoms with Gasteiger partial charge in [0.05, 0.1) is 40.6 Å². The first-order valence-corrected chi connectivity index (χ1v) is 14.3. The molecule has 0 bridgehead atoms. The molecule has 0 aliphatic carbocycles. The van der Waals surface area contributed by atoms with Crippen molar-refractivity contribution in [2.45, 2.75) is 44.9 Å². The fraction of sp³-hybridized carbons (Fsp3) is 0.370. The Balaban J connectivity index is 1.62. The number of aromatic nitrogens is 4. The zero-order valence-corrected chi connectivity index (χ0v) is 22.6. The number of likely N-dealkylation sites (tertiary alicyclic amines) is 1. The summed E-state index contributed by atoms with van der Waals surface area (Å²) in [5.74, 6) is -0.0611. The number of amides is 1. The van der Waals surface area contributed by atoms with Crippen molar-refractivity contribution in [3.63, 3.8) is 0 Å². The monoisotopic (exact) mass is 536 g/mol. The van der Waals surface area contributed by atoms with Crippen LogP contribution in [0.4, 0.5) is 10.7 Å². The van der Waals surface area contributed by atoms with E-state index in [1.807, 2.05) is 48.8 Å². The molecule has 3 heterocycles. The Morgan fingerprint density at radius 2 is 1.82 bits per heavy atom. The number of nitrogens with two attached hydrogens (primary N) is 1. The zero-order chi connectivity index (χ0) is 27.0. The first kappa shape index (κ1) is 25.8. The van der Waals surface area contributed by atoms with Gasteiger partial charge in [0, 0.05) is 30.3 Å². The lowest BCUT2D eigenvalue weighted by atomic mass is 10.0. The number of nitrogen functional groups attached to an aromatic ring is 1. The molecule has 200 valence electrons. The van der Waals surface area contributed by atoms with Gasteiger partial charge in [-0.2, -0.15) is 0 Å². The van der Waals surface area contributed by atoms with Gasteiger partial charge in [0.2, 0.25) is 16.0 Å². The van der Waals surface area contributed by atoms with Crippen LogP contribution in [0.15, 0.2) is 54.9 Å². The summed E-state index contributed by atoms with van der Waals surface area (Å²) in [5.41, 5.74) is 10.4. The summed E-state index contributed by atoms with van der Waals surface area (Å²) in [6, 6.07) is 15.5. The number of rotatable bonds is 6. The molecule has 2 N–H and O–H groups in total. The minimum Gasteiger partial charge on any atom is -0.450 e. The highest BCUT2D eigenvalue weighted by Crippen LogP contribution is 2.37. The number of nitrogens with zero attached hydrogens (tertiary/aromatic N) is 5. The Morgan fingerprint density at radius 1 is 1.11 bits per heavy atom. The molecule has 5 rings (SSSR count). The number of hydrogen-bond acceptors (Lipinski definition) is 7. The zero-order valence-electron chi connectivity index (χ0n) is 21.7. The maximum absolute atomic E-state index is 13.1. The van der Waals surface area contributed by atoms with Crippen LogP contribution in [0.1, 0.15) is 39.7 Å². The van der Waals surface area contributed by atoms with Gasteiger partial charge in [0.25, 0.3) is 0 Å². The highest BCUT2D eigenvalue weighted by molar-refractivity contribution is 7.90. The molecule has 0 saturated carbocycles. The number of carbonyl (C=O) groups excluding carboxylic acids is 1. The third-order valence-electron chi connectivity index (χ3n) is 6.99. The molecule has 0 unspecified atom stereocenters. The fourth-order valence-electron chi connectivity index (χ4n) is 4.97. The van der Waals surface area contributed by atoms with Crippen molar-refractivity contribution < 1.29 is 17.9 Å². The Kier molecular flexibility index (Phi) is 6.87. The van der Waals surface area contributed by atoms with Gasteiger partial charge in [-0.05, 0) is 45.7 Å². The molecular weight excluding hydrogens is 504 g/mol. The van der Waals surface area contributed by atoms with Crippen molar-refractivity contribution in [3.8, 4) is 22.5 Å². The lowest BCUT2D eigenvalue weighted by Crippen LogP contribution is -2.39. The van der Waals surface area contributed by atoms with Crippen LogP contribution in [0.2, 0.25) is 0 Å². The predicted molar refractivity (Wildman–Crippen MR) is 147 cm³/mol. The number of imidazole rings is 2. The standard InChI is InChI=1S/C27H32N6O4S/c1-4-37-27(34)31-14-12-21(13-15-31)32-17-29-24(19-8-6-5-7-9-19)25(32)20-10-11-22-23(16-20)33(26(28)30-22)38(35,36)18(2)3/h5-11,16-18,21H,4,12-15H2,1-3H3,(H2,28,30). The molecule has 10 nitrogen and oxygen atoms in total. The molecule has 1 fully saturated rings. The second kappa shape index (κ2) is 10.1. The van der Waals surface area contributed by atoms with E-state index in [-0.39, 0.29) is 18.1 Å². The van der Waals surface area contributed by atoms with Crippen LogP contribution in [0.3, 0.4) is 0 Å². The van der Waals surface area contributed by atoms with Gasteiger partial charge < -0.3 is 19.9 Å². The molecule has 1 amide bonds. The summed E-state index contributed by atoms with van der Waals surface area (Å²) in [6.07, 6.45) is 3.03. The first-order chi connectivity index (χ1) is 18.2. The van der Waals surface area contributed by atoms with Crippen molar-refractivity contribution in [1.29, 1.82) is 0 Å². The summed E-state index contributed by atoms with van der Waals surface area (Å²) in [5, 5.41) is -0.666. The van der Waals surface area contributed by atoms with Gasteiger partial charge in [0.1, 0.15) is 0 Å². The fourth-order valence-corrected chi connectivity index (χ4v) is 6.11. The largest absolute Gasteiger partial charge is 0.450 e. The van der Waals surface area contributed by atoms with E-state index in [1.165, 1.54) is 0 Å². The smallest absolute Gasteiger partial charge is 0.409 e. The molecule has 11 heteroatoms. The van der Waals surface area contributed by atoms with Crippen molar-refractivity contribution in [1.82, 2.24) is 23.4 Å². The normalized spacial score (nSPS) is 14.9. The summed E-state index contributed by atoms with van der Waals surface area (Å²) in [6.45, 7) is 6.55. The van der Waals surface area contributed by atoms with E-state index in [0.29, 0.717) is 30.7 Å². The maximum atomic E-state index is 13.1. The van der Waals surface area contributed by atoms with E-state index in [2.05, 4.69) is 9.55 Å². The van der Waals surface area contributed by atoms with E-state index < -0.39 is 15.3 Å². The number of carbonyl (C=O) groups is 1. The van der Waals surface area contributed by atoms with Crippen molar-refractivity contribution in [2.75, 3.05) is 25.4 Å².